The molecule has 0 unspecified atom stereocenters. The fourth-order valence-electron chi connectivity index (χ4n) is 2.21. The average Bonchev–Trinajstić information content (AvgIpc) is 2.61. The number of alkyl halides is 3. The van der Waals surface area contributed by atoms with Gasteiger partial charge in [0.1, 0.15) is 5.82 Å². The summed E-state index contributed by atoms with van der Waals surface area (Å²) in [5, 5.41) is 5.52. The first-order chi connectivity index (χ1) is 12.4. The second-order valence-electron chi connectivity index (χ2n) is 5.41. The number of rotatable bonds is 8. The van der Waals surface area contributed by atoms with Gasteiger partial charge in [0, 0.05) is 31.6 Å². The van der Waals surface area contributed by atoms with Crippen molar-refractivity contribution in [3.8, 4) is 0 Å². The van der Waals surface area contributed by atoms with Crippen LogP contribution in [0.3, 0.4) is 0 Å². The van der Waals surface area contributed by atoms with Crippen molar-refractivity contribution in [1.82, 2.24) is 10.3 Å². The fourth-order valence-corrected chi connectivity index (χ4v) is 2.21. The van der Waals surface area contributed by atoms with Gasteiger partial charge in [-0.05, 0) is 43.7 Å². The van der Waals surface area contributed by atoms with Crippen LogP contribution in [0.15, 0.2) is 42.6 Å². The molecule has 0 atom stereocenters. The molecule has 0 saturated carbocycles. The molecule has 0 spiro atoms. The standard InChI is InChI=1S/C18H20F3N3O2/c1-2-26-11-5-10-23-17(25)15-8-4-9-22-16(15)24-14-7-3-6-13(12-14)18(19,20)21/h3-4,6-9,12H,2,5,10-11H2,1H3,(H,22,24)(H,23,25). The molecule has 0 aliphatic rings. The van der Waals surface area contributed by atoms with Crippen molar-refractivity contribution in [2.75, 3.05) is 25.1 Å². The van der Waals surface area contributed by atoms with Crippen molar-refractivity contribution >= 4 is 17.4 Å². The number of carbonyl (C=O) groups excluding carboxylic acids is 1. The van der Waals surface area contributed by atoms with Crippen LogP contribution in [0.4, 0.5) is 24.7 Å². The van der Waals surface area contributed by atoms with Gasteiger partial charge in [0.05, 0.1) is 11.1 Å². The van der Waals surface area contributed by atoms with Crippen LogP contribution in [0.1, 0.15) is 29.3 Å². The molecule has 1 amide bonds. The normalized spacial score (nSPS) is 11.2. The lowest BCUT2D eigenvalue weighted by atomic mass is 10.2. The van der Waals surface area contributed by atoms with Crippen molar-refractivity contribution in [2.45, 2.75) is 19.5 Å². The van der Waals surface area contributed by atoms with Gasteiger partial charge in [0.15, 0.2) is 0 Å². The Morgan fingerprint density at radius 2 is 2.04 bits per heavy atom. The van der Waals surface area contributed by atoms with E-state index in [4.69, 9.17) is 4.74 Å². The third kappa shape index (κ3) is 5.73. The lowest BCUT2D eigenvalue weighted by molar-refractivity contribution is -0.137. The number of hydrogen-bond acceptors (Lipinski definition) is 4. The van der Waals surface area contributed by atoms with Crippen LogP contribution < -0.4 is 10.6 Å². The maximum atomic E-state index is 12.8. The van der Waals surface area contributed by atoms with E-state index in [2.05, 4.69) is 15.6 Å². The molecule has 5 nitrogen and oxygen atoms in total. The Kier molecular flexibility index (Phi) is 6.97. The van der Waals surface area contributed by atoms with Gasteiger partial charge in [-0.25, -0.2) is 4.98 Å². The predicted octanol–water partition coefficient (Wildman–Crippen LogP) is 4.00. The molecule has 1 aromatic carbocycles. The van der Waals surface area contributed by atoms with Crippen LogP contribution >= 0.6 is 0 Å². The second-order valence-corrected chi connectivity index (χ2v) is 5.41. The maximum absolute atomic E-state index is 12.8. The summed E-state index contributed by atoms with van der Waals surface area (Å²) in [5.74, 6) is -0.168. The lowest BCUT2D eigenvalue weighted by Gasteiger charge is -2.13. The van der Waals surface area contributed by atoms with Gasteiger partial charge in [0.25, 0.3) is 5.91 Å². The van der Waals surface area contributed by atoms with E-state index >= 15 is 0 Å². The van der Waals surface area contributed by atoms with Crippen molar-refractivity contribution in [1.29, 1.82) is 0 Å². The van der Waals surface area contributed by atoms with E-state index in [-0.39, 0.29) is 23.0 Å². The fraction of sp³-hybridized carbons (Fsp3) is 0.333. The van der Waals surface area contributed by atoms with Gasteiger partial charge in [-0.2, -0.15) is 13.2 Å². The summed E-state index contributed by atoms with van der Waals surface area (Å²) >= 11 is 0. The molecule has 2 aromatic rings. The molecule has 1 heterocycles. The second kappa shape index (κ2) is 9.19. The quantitative estimate of drug-likeness (QED) is 0.693. The largest absolute Gasteiger partial charge is 0.416 e. The molecule has 0 bridgehead atoms. The number of hydrogen-bond donors (Lipinski definition) is 2. The van der Waals surface area contributed by atoms with Gasteiger partial charge in [-0.15, -0.1) is 0 Å². The Bertz CT molecular complexity index is 736. The Labute approximate surface area is 149 Å². The smallest absolute Gasteiger partial charge is 0.382 e. The Hall–Kier alpha value is -2.61. The summed E-state index contributed by atoms with van der Waals surface area (Å²) in [6.45, 7) is 3.47. The molecule has 26 heavy (non-hydrogen) atoms. The highest BCUT2D eigenvalue weighted by atomic mass is 19.4. The van der Waals surface area contributed by atoms with Crippen LogP contribution in [0.5, 0.6) is 0 Å². The minimum absolute atomic E-state index is 0.189. The van der Waals surface area contributed by atoms with E-state index in [0.717, 1.165) is 12.1 Å². The monoisotopic (exact) mass is 367 g/mol. The zero-order chi connectivity index (χ0) is 19.0. The summed E-state index contributed by atoms with van der Waals surface area (Å²) in [7, 11) is 0. The van der Waals surface area contributed by atoms with E-state index in [9.17, 15) is 18.0 Å². The third-order valence-electron chi connectivity index (χ3n) is 3.46. The minimum Gasteiger partial charge on any atom is -0.382 e. The lowest BCUT2D eigenvalue weighted by Crippen LogP contribution is -2.26. The number of amides is 1. The van der Waals surface area contributed by atoms with Crippen molar-refractivity contribution in [3.05, 3.63) is 53.7 Å². The Balaban J connectivity index is 2.08. The van der Waals surface area contributed by atoms with Gasteiger partial charge < -0.3 is 15.4 Å². The number of anilines is 2. The minimum atomic E-state index is -4.44. The van der Waals surface area contributed by atoms with Gasteiger partial charge in [0.2, 0.25) is 0 Å². The van der Waals surface area contributed by atoms with Crippen LogP contribution in [0.25, 0.3) is 0 Å². The molecule has 0 fully saturated rings. The van der Waals surface area contributed by atoms with E-state index in [0.29, 0.717) is 26.2 Å². The van der Waals surface area contributed by atoms with Crippen LogP contribution in [0, 0.1) is 0 Å². The molecule has 2 N–H and O–H groups in total. The molecular weight excluding hydrogens is 347 g/mol. The topological polar surface area (TPSA) is 63.2 Å². The third-order valence-corrected chi connectivity index (χ3v) is 3.46. The SMILES string of the molecule is CCOCCCNC(=O)c1cccnc1Nc1cccc(C(F)(F)F)c1. The molecule has 0 saturated heterocycles. The number of carbonyl (C=O) groups is 1. The first-order valence-corrected chi connectivity index (χ1v) is 8.17. The number of aromatic nitrogens is 1. The first kappa shape index (κ1) is 19.7. The average molecular weight is 367 g/mol. The highest BCUT2D eigenvalue weighted by Crippen LogP contribution is 2.31. The number of nitrogens with one attached hydrogen (secondary N) is 2. The molecule has 140 valence electrons. The van der Waals surface area contributed by atoms with Crippen molar-refractivity contribution in [3.63, 3.8) is 0 Å². The van der Waals surface area contributed by atoms with E-state index in [1.54, 1.807) is 12.1 Å². The summed E-state index contributed by atoms with van der Waals surface area (Å²) < 4.78 is 43.7. The zero-order valence-electron chi connectivity index (χ0n) is 14.3. The summed E-state index contributed by atoms with van der Waals surface area (Å²) in [4.78, 5) is 16.4. The highest BCUT2D eigenvalue weighted by Gasteiger charge is 2.30. The summed E-state index contributed by atoms with van der Waals surface area (Å²) in [6.07, 6.45) is -2.32. The number of benzene rings is 1. The molecule has 1 aromatic heterocycles. The Morgan fingerprint density at radius 3 is 2.77 bits per heavy atom. The Morgan fingerprint density at radius 1 is 1.23 bits per heavy atom. The molecule has 8 heteroatoms. The summed E-state index contributed by atoms with van der Waals surface area (Å²) in [6, 6.07) is 7.87. The molecular formula is C18H20F3N3O2. The van der Waals surface area contributed by atoms with E-state index < -0.39 is 11.7 Å². The number of nitrogens with zero attached hydrogens (tertiary/aromatic N) is 1. The molecule has 0 radical (unpaired) electrons. The van der Waals surface area contributed by atoms with Gasteiger partial charge in [-0.1, -0.05) is 6.07 Å². The van der Waals surface area contributed by atoms with Gasteiger partial charge >= 0.3 is 6.18 Å². The maximum Gasteiger partial charge on any atom is 0.416 e. The van der Waals surface area contributed by atoms with Crippen molar-refractivity contribution in [2.24, 2.45) is 0 Å². The molecule has 2 rings (SSSR count). The number of pyridine rings is 1. The van der Waals surface area contributed by atoms with Crippen molar-refractivity contribution < 1.29 is 22.7 Å². The van der Waals surface area contributed by atoms with E-state index in [1.807, 2.05) is 6.92 Å². The first-order valence-electron chi connectivity index (χ1n) is 8.17. The molecule has 0 aliphatic heterocycles. The molecule has 0 aliphatic carbocycles. The van der Waals surface area contributed by atoms with Crippen LogP contribution in [0.2, 0.25) is 0 Å². The number of halogens is 3. The highest BCUT2D eigenvalue weighted by molar-refractivity contribution is 5.99. The predicted molar refractivity (Wildman–Crippen MR) is 92.4 cm³/mol. The van der Waals surface area contributed by atoms with Crippen LogP contribution in [-0.4, -0.2) is 30.6 Å². The van der Waals surface area contributed by atoms with E-state index in [1.165, 1.54) is 18.3 Å². The summed E-state index contributed by atoms with van der Waals surface area (Å²) in [5.41, 5.74) is -0.328. The van der Waals surface area contributed by atoms with Crippen LogP contribution in [-0.2, 0) is 10.9 Å². The zero-order valence-corrected chi connectivity index (χ0v) is 14.3. The number of ether oxygens (including phenoxy) is 1. The van der Waals surface area contributed by atoms with Gasteiger partial charge in [-0.3, -0.25) is 4.79 Å².